The Morgan fingerprint density at radius 1 is 1.22 bits per heavy atom. The van der Waals surface area contributed by atoms with E-state index >= 15 is 0 Å². The smallest absolute Gasteiger partial charge is 0.194 e. The summed E-state index contributed by atoms with van der Waals surface area (Å²) >= 11 is 3.51. The van der Waals surface area contributed by atoms with Crippen molar-refractivity contribution in [1.82, 2.24) is 10.2 Å². The zero-order chi connectivity index (χ0) is 17.9. The van der Waals surface area contributed by atoms with E-state index in [1.54, 1.807) is 0 Å². The molecule has 1 aromatic carbocycles. The summed E-state index contributed by atoms with van der Waals surface area (Å²) in [5.74, 6) is 1.61. The molecule has 3 fully saturated rings. The standard InChI is InChI=1S/C20H28BrN3O2.HI/c1-2-22-20(23-17-12-16(17)14-5-7-15(21)8-6-14)24-9-11-26-19(13-24)18-4-3-10-25-18;/h5-8,16-19H,2-4,9-13H2,1H3,(H,22,23);1H. The van der Waals surface area contributed by atoms with Crippen LogP contribution < -0.4 is 5.32 Å². The molecule has 7 heteroatoms. The highest BCUT2D eigenvalue weighted by molar-refractivity contribution is 14.0. The number of rotatable bonds is 4. The molecular weight excluding hydrogens is 521 g/mol. The topological polar surface area (TPSA) is 46.1 Å². The number of benzene rings is 1. The number of hydrogen-bond donors (Lipinski definition) is 1. The van der Waals surface area contributed by atoms with Crippen molar-refractivity contribution in [3.8, 4) is 0 Å². The molecule has 0 radical (unpaired) electrons. The van der Waals surface area contributed by atoms with E-state index in [1.165, 1.54) is 12.0 Å². The van der Waals surface area contributed by atoms with Crippen molar-refractivity contribution in [2.75, 3.05) is 32.8 Å². The summed E-state index contributed by atoms with van der Waals surface area (Å²) in [6.45, 7) is 6.26. The van der Waals surface area contributed by atoms with E-state index in [9.17, 15) is 0 Å². The first-order chi connectivity index (χ1) is 12.7. The van der Waals surface area contributed by atoms with Crippen molar-refractivity contribution in [3.05, 3.63) is 34.3 Å². The van der Waals surface area contributed by atoms with Gasteiger partial charge in [-0.25, -0.2) is 0 Å². The first-order valence-electron chi connectivity index (χ1n) is 9.79. The SMILES string of the molecule is CCN=C(NC1CC1c1ccc(Br)cc1)N1CCOC(C2CCCO2)C1.I. The van der Waals surface area contributed by atoms with Gasteiger partial charge in [-0.3, -0.25) is 4.99 Å². The summed E-state index contributed by atoms with van der Waals surface area (Å²) in [6.07, 6.45) is 3.84. The fraction of sp³-hybridized carbons (Fsp3) is 0.650. The molecule has 150 valence electrons. The van der Waals surface area contributed by atoms with Gasteiger partial charge >= 0.3 is 0 Å². The molecule has 4 rings (SSSR count). The number of nitrogens with zero attached hydrogens (tertiary/aromatic N) is 2. The third-order valence-corrected chi connectivity index (χ3v) is 6.01. The number of halogens is 2. The Morgan fingerprint density at radius 2 is 2.00 bits per heavy atom. The third-order valence-electron chi connectivity index (χ3n) is 5.48. The number of ether oxygens (including phenoxy) is 2. The molecule has 0 bridgehead atoms. The summed E-state index contributed by atoms with van der Waals surface area (Å²) < 4.78 is 13.0. The zero-order valence-electron chi connectivity index (χ0n) is 15.8. The van der Waals surface area contributed by atoms with Crippen LogP contribution in [0.4, 0.5) is 0 Å². The van der Waals surface area contributed by atoms with Crippen LogP contribution in [0.15, 0.2) is 33.7 Å². The van der Waals surface area contributed by atoms with Crippen molar-refractivity contribution < 1.29 is 9.47 Å². The first kappa shape index (κ1) is 21.3. The summed E-state index contributed by atoms with van der Waals surface area (Å²) in [7, 11) is 0. The molecule has 0 spiro atoms. The Morgan fingerprint density at radius 3 is 2.70 bits per heavy atom. The van der Waals surface area contributed by atoms with Gasteiger partial charge in [0, 0.05) is 42.7 Å². The number of morpholine rings is 1. The van der Waals surface area contributed by atoms with Gasteiger partial charge in [0.15, 0.2) is 5.96 Å². The normalized spacial score (nSPS) is 30.7. The first-order valence-corrected chi connectivity index (χ1v) is 10.6. The van der Waals surface area contributed by atoms with Crippen LogP contribution in [0.25, 0.3) is 0 Å². The van der Waals surface area contributed by atoms with E-state index in [4.69, 9.17) is 14.5 Å². The molecular formula is C20H29BrIN3O2. The number of guanidine groups is 1. The molecule has 4 unspecified atom stereocenters. The summed E-state index contributed by atoms with van der Waals surface area (Å²) in [5.41, 5.74) is 1.40. The summed E-state index contributed by atoms with van der Waals surface area (Å²) in [5, 5.41) is 3.70. The van der Waals surface area contributed by atoms with Gasteiger partial charge in [0.25, 0.3) is 0 Å². The second kappa shape index (κ2) is 9.89. The fourth-order valence-electron chi connectivity index (χ4n) is 3.97. The average Bonchev–Trinajstić information content (AvgIpc) is 3.20. The number of hydrogen-bond acceptors (Lipinski definition) is 3. The maximum absolute atomic E-state index is 5.99. The second-order valence-electron chi connectivity index (χ2n) is 7.35. The van der Waals surface area contributed by atoms with Gasteiger partial charge in [-0.1, -0.05) is 28.1 Å². The predicted octanol–water partition coefficient (Wildman–Crippen LogP) is 3.77. The molecule has 1 aliphatic carbocycles. The highest BCUT2D eigenvalue weighted by Crippen LogP contribution is 2.41. The molecule has 1 saturated carbocycles. The van der Waals surface area contributed by atoms with E-state index in [1.807, 2.05) is 0 Å². The van der Waals surface area contributed by atoms with Gasteiger partial charge in [-0.15, -0.1) is 24.0 Å². The van der Waals surface area contributed by atoms with Crippen LogP contribution in [0.3, 0.4) is 0 Å². The third kappa shape index (κ3) is 5.36. The van der Waals surface area contributed by atoms with Gasteiger partial charge in [0.2, 0.25) is 0 Å². The van der Waals surface area contributed by atoms with E-state index in [0.717, 1.165) is 56.1 Å². The largest absolute Gasteiger partial charge is 0.375 e. The van der Waals surface area contributed by atoms with Gasteiger partial charge in [-0.2, -0.15) is 0 Å². The van der Waals surface area contributed by atoms with Crippen LogP contribution >= 0.6 is 39.9 Å². The quantitative estimate of drug-likeness (QED) is 0.353. The molecule has 1 aromatic rings. The van der Waals surface area contributed by atoms with Crippen LogP contribution in [0.2, 0.25) is 0 Å². The average molecular weight is 550 g/mol. The minimum atomic E-state index is 0. The summed E-state index contributed by atoms with van der Waals surface area (Å²) in [6, 6.07) is 9.16. The monoisotopic (exact) mass is 549 g/mol. The molecule has 3 aliphatic rings. The zero-order valence-corrected chi connectivity index (χ0v) is 19.7. The molecule has 1 N–H and O–H groups in total. The van der Waals surface area contributed by atoms with Crippen molar-refractivity contribution in [2.24, 2.45) is 4.99 Å². The van der Waals surface area contributed by atoms with Gasteiger partial charge in [-0.05, 0) is 43.9 Å². The molecule has 2 saturated heterocycles. The Balaban J connectivity index is 0.00000210. The van der Waals surface area contributed by atoms with Crippen LogP contribution in [0, 0.1) is 0 Å². The lowest BCUT2D eigenvalue weighted by Crippen LogP contribution is -2.53. The Bertz CT molecular complexity index is 637. The van der Waals surface area contributed by atoms with E-state index < -0.39 is 0 Å². The van der Waals surface area contributed by atoms with Gasteiger partial charge in [0.05, 0.1) is 12.7 Å². The Hall–Kier alpha value is -0.380. The number of aliphatic imine (C=N–C) groups is 1. The van der Waals surface area contributed by atoms with Gasteiger partial charge < -0.3 is 19.7 Å². The number of nitrogens with one attached hydrogen (secondary N) is 1. The molecule has 2 heterocycles. The lowest BCUT2D eigenvalue weighted by molar-refractivity contribution is -0.0817. The van der Waals surface area contributed by atoms with Crippen LogP contribution in [-0.2, 0) is 9.47 Å². The molecule has 0 aromatic heterocycles. The molecule has 4 atom stereocenters. The highest BCUT2D eigenvalue weighted by Gasteiger charge is 2.40. The molecule has 2 aliphatic heterocycles. The van der Waals surface area contributed by atoms with Crippen LogP contribution in [0.1, 0.15) is 37.7 Å². The van der Waals surface area contributed by atoms with Crippen LogP contribution in [0.5, 0.6) is 0 Å². The molecule has 5 nitrogen and oxygen atoms in total. The summed E-state index contributed by atoms with van der Waals surface area (Å²) in [4.78, 5) is 7.12. The van der Waals surface area contributed by atoms with Crippen molar-refractivity contribution in [1.29, 1.82) is 0 Å². The predicted molar refractivity (Wildman–Crippen MR) is 122 cm³/mol. The molecule has 27 heavy (non-hydrogen) atoms. The van der Waals surface area contributed by atoms with E-state index in [-0.39, 0.29) is 36.2 Å². The Kier molecular flexibility index (Phi) is 7.82. The molecule has 0 amide bonds. The Labute approximate surface area is 187 Å². The van der Waals surface area contributed by atoms with Crippen LogP contribution in [-0.4, -0.2) is 62.0 Å². The van der Waals surface area contributed by atoms with E-state index in [2.05, 4.69) is 57.3 Å². The highest BCUT2D eigenvalue weighted by atomic mass is 127. The lowest BCUT2D eigenvalue weighted by atomic mass is 10.1. The lowest BCUT2D eigenvalue weighted by Gasteiger charge is -2.37. The second-order valence-corrected chi connectivity index (χ2v) is 8.26. The maximum atomic E-state index is 5.99. The maximum Gasteiger partial charge on any atom is 0.194 e. The van der Waals surface area contributed by atoms with Crippen molar-refractivity contribution >= 4 is 45.9 Å². The van der Waals surface area contributed by atoms with Crippen molar-refractivity contribution in [2.45, 2.75) is 50.4 Å². The fourth-order valence-corrected chi connectivity index (χ4v) is 4.24. The van der Waals surface area contributed by atoms with Gasteiger partial charge in [0.1, 0.15) is 6.10 Å². The van der Waals surface area contributed by atoms with Crippen molar-refractivity contribution in [3.63, 3.8) is 0 Å². The minimum Gasteiger partial charge on any atom is -0.375 e. The minimum absolute atomic E-state index is 0. The van der Waals surface area contributed by atoms with E-state index in [0.29, 0.717) is 12.0 Å².